The maximum absolute atomic E-state index is 5.75. The lowest BCUT2D eigenvalue weighted by atomic mass is 9.86. The van der Waals surface area contributed by atoms with E-state index in [0.717, 1.165) is 30.5 Å². The van der Waals surface area contributed by atoms with E-state index < -0.39 is 0 Å². The summed E-state index contributed by atoms with van der Waals surface area (Å²) in [7, 11) is 0. The third kappa shape index (κ3) is 3.49. The Morgan fingerprint density at radius 2 is 2.13 bits per heavy atom. The van der Waals surface area contributed by atoms with Crippen molar-refractivity contribution in [1.29, 1.82) is 0 Å². The molecule has 0 radical (unpaired) electrons. The van der Waals surface area contributed by atoms with Gasteiger partial charge >= 0.3 is 0 Å². The molecular formula is C12H18BrNO. The average molecular weight is 272 g/mol. The largest absolute Gasteiger partial charge is 0.491 e. The Hall–Kier alpha value is -0.570. The number of rotatable bonds is 6. The van der Waals surface area contributed by atoms with Gasteiger partial charge in [-0.15, -0.1) is 0 Å². The van der Waals surface area contributed by atoms with Gasteiger partial charge in [0.25, 0.3) is 0 Å². The Bertz CT molecular complexity index is 264. The number of alkyl halides is 1. The molecule has 1 rings (SSSR count). The second-order valence-corrected chi connectivity index (χ2v) is 4.38. The van der Waals surface area contributed by atoms with Gasteiger partial charge in [-0.2, -0.15) is 0 Å². The van der Waals surface area contributed by atoms with Crippen molar-refractivity contribution in [2.75, 3.05) is 11.9 Å². The molecule has 1 aromatic heterocycles. The van der Waals surface area contributed by atoms with Crippen molar-refractivity contribution in [3.63, 3.8) is 0 Å². The van der Waals surface area contributed by atoms with Gasteiger partial charge in [-0.1, -0.05) is 29.8 Å². The lowest BCUT2D eigenvalue weighted by Crippen LogP contribution is -2.29. The van der Waals surface area contributed by atoms with E-state index in [0.29, 0.717) is 0 Å². The summed E-state index contributed by atoms with van der Waals surface area (Å²) < 4.78 is 5.75. The number of aromatic nitrogens is 1. The molecule has 0 N–H and O–H groups in total. The second kappa shape index (κ2) is 6.11. The molecule has 0 aromatic carbocycles. The molecule has 1 heterocycles. The molecule has 0 unspecified atom stereocenters. The summed E-state index contributed by atoms with van der Waals surface area (Å²) in [5.41, 5.74) is 0.246. The van der Waals surface area contributed by atoms with Gasteiger partial charge in [-0.05, 0) is 25.0 Å². The molecule has 1 aromatic rings. The van der Waals surface area contributed by atoms with Crippen LogP contribution in [0.25, 0.3) is 0 Å². The highest BCUT2D eigenvalue weighted by atomic mass is 79.9. The summed E-state index contributed by atoms with van der Waals surface area (Å²) in [4.78, 5) is 4.03. The second-order valence-electron chi connectivity index (χ2n) is 3.82. The lowest BCUT2D eigenvalue weighted by molar-refractivity contribution is 0.157. The molecule has 2 nitrogen and oxygen atoms in total. The van der Waals surface area contributed by atoms with E-state index in [2.05, 4.69) is 34.8 Å². The maximum Gasteiger partial charge on any atom is 0.137 e. The molecule has 0 fully saturated rings. The summed E-state index contributed by atoms with van der Waals surface area (Å²) in [6.07, 6.45) is 5.75. The maximum atomic E-state index is 5.75. The third-order valence-corrected chi connectivity index (χ3v) is 4.15. The minimum absolute atomic E-state index is 0.246. The fourth-order valence-corrected chi connectivity index (χ4v) is 2.31. The van der Waals surface area contributed by atoms with Crippen LogP contribution in [0.4, 0.5) is 0 Å². The highest BCUT2D eigenvalue weighted by Gasteiger charge is 2.25. The fraction of sp³-hybridized carbons (Fsp3) is 0.583. The molecular weight excluding hydrogens is 254 g/mol. The van der Waals surface area contributed by atoms with Gasteiger partial charge in [-0.3, -0.25) is 4.98 Å². The first-order valence-electron chi connectivity index (χ1n) is 5.35. The number of nitrogens with zero attached hydrogens (tertiary/aromatic N) is 1. The molecule has 0 atom stereocenters. The molecule has 0 saturated heterocycles. The smallest absolute Gasteiger partial charge is 0.137 e. The van der Waals surface area contributed by atoms with Crippen LogP contribution < -0.4 is 4.74 Å². The first kappa shape index (κ1) is 12.5. The Morgan fingerprint density at radius 3 is 2.60 bits per heavy atom. The van der Waals surface area contributed by atoms with Crippen molar-refractivity contribution < 1.29 is 4.74 Å². The van der Waals surface area contributed by atoms with Crippen LogP contribution in [0.5, 0.6) is 5.75 Å². The zero-order valence-electron chi connectivity index (χ0n) is 9.37. The van der Waals surface area contributed by atoms with Crippen molar-refractivity contribution >= 4 is 15.9 Å². The first-order chi connectivity index (χ1) is 7.26. The molecule has 0 bridgehead atoms. The SMILES string of the molecule is CCC(CC)(CBr)COc1cccnc1. The molecule has 0 saturated carbocycles. The van der Waals surface area contributed by atoms with Crippen LogP contribution in [-0.2, 0) is 0 Å². The number of hydrogen-bond acceptors (Lipinski definition) is 2. The van der Waals surface area contributed by atoms with Crippen LogP contribution >= 0.6 is 15.9 Å². The van der Waals surface area contributed by atoms with Crippen molar-refractivity contribution in [1.82, 2.24) is 4.98 Å². The van der Waals surface area contributed by atoms with Crippen LogP contribution in [0.1, 0.15) is 26.7 Å². The summed E-state index contributed by atoms with van der Waals surface area (Å²) in [5.74, 6) is 0.852. The number of ether oxygens (including phenoxy) is 1. The van der Waals surface area contributed by atoms with Gasteiger partial charge in [0.05, 0.1) is 12.8 Å². The Kier molecular flexibility index (Phi) is 5.09. The minimum Gasteiger partial charge on any atom is -0.491 e. The first-order valence-corrected chi connectivity index (χ1v) is 6.47. The monoisotopic (exact) mass is 271 g/mol. The molecule has 0 aliphatic carbocycles. The number of pyridine rings is 1. The van der Waals surface area contributed by atoms with E-state index in [4.69, 9.17) is 4.74 Å². The van der Waals surface area contributed by atoms with Crippen LogP contribution in [-0.4, -0.2) is 16.9 Å². The van der Waals surface area contributed by atoms with Gasteiger partial charge in [0.15, 0.2) is 0 Å². The topological polar surface area (TPSA) is 22.1 Å². The summed E-state index contributed by atoms with van der Waals surface area (Å²) >= 11 is 3.57. The van der Waals surface area contributed by atoms with Crippen LogP contribution in [0.2, 0.25) is 0 Å². The van der Waals surface area contributed by atoms with Crippen molar-refractivity contribution in [2.45, 2.75) is 26.7 Å². The predicted octanol–water partition coefficient (Wildman–Crippen LogP) is 3.66. The third-order valence-electron chi connectivity index (χ3n) is 2.96. The van der Waals surface area contributed by atoms with Gasteiger partial charge in [0.1, 0.15) is 5.75 Å². The van der Waals surface area contributed by atoms with Crippen molar-refractivity contribution in [3.8, 4) is 5.75 Å². The summed E-state index contributed by atoms with van der Waals surface area (Å²) in [5, 5.41) is 0.979. The lowest BCUT2D eigenvalue weighted by Gasteiger charge is -2.29. The van der Waals surface area contributed by atoms with Crippen LogP contribution in [0.15, 0.2) is 24.5 Å². The molecule has 0 aliphatic rings. The highest BCUT2D eigenvalue weighted by Crippen LogP contribution is 2.29. The van der Waals surface area contributed by atoms with Crippen LogP contribution in [0, 0.1) is 5.41 Å². The molecule has 0 amide bonds. The Labute approximate surface area is 100 Å². The van der Waals surface area contributed by atoms with E-state index in [1.54, 1.807) is 12.4 Å². The zero-order valence-corrected chi connectivity index (χ0v) is 11.0. The molecule has 0 aliphatic heterocycles. The van der Waals surface area contributed by atoms with E-state index in [1.807, 2.05) is 12.1 Å². The van der Waals surface area contributed by atoms with Crippen LogP contribution in [0.3, 0.4) is 0 Å². The van der Waals surface area contributed by atoms with Gasteiger partial charge in [-0.25, -0.2) is 0 Å². The number of halogens is 1. The highest BCUT2D eigenvalue weighted by molar-refractivity contribution is 9.09. The predicted molar refractivity (Wildman–Crippen MR) is 66.5 cm³/mol. The van der Waals surface area contributed by atoms with E-state index in [1.165, 1.54) is 0 Å². The van der Waals surface area contributed by atoms with Crippen molar-refractivity contribution in [2.24, 2.45) is 5.41 Å². The zero-order chi connectivity index (χ0) is 11.1. The van der Waals surface area contributed by atoms with Gasteiger partial charge in [0, 0.05) is 16.9 Å². The normalized spacial score (nSPS) is 11.4. The molecule has 84 valence electrons. The van der Waals surface area contributed by atoms with Crippen molar-refractivity contribution in [3.05, 3.63) is 24.5 Å². The quantitative estimate of drug-likeness (QED) is 0.737. The minimum atomic E-state index is 0.246. The molecule has 3 heteroatoms. The number of hydrogen-bond donors (Lipinski definition) is 0. The fourth-order valence-electron chi connectivity index (χ4n) is 1.35. The van der Waals surface area contributed by atoms with E-state index in [9.17, 15) is 0 Å². The Balaban J connectivity index is 2.54. The summed E-state index contributed by atoms with van der Waals surface area (Å²) in [6, 6.07) is 3.83. The standard InChI is InChI=1S/C12H18BrNO/c1-3-12(4-2,9-13)10-15-11-6-5-7-14-8-11/h5-8H,3-4,9-10H2,1-2H3. The average Bonchev–Trinajstić information content (AvgIpc) is 2.33. The molecule has 15 heavy (non-hydrogen) atoms. The van der Waals surface area contributed by atoms with E-state index in [-0.39, 0.29) is 5.41 Å². The summed E-state index contributed by atoms with van der Waals surface area (Å²) in [6.45, 7) is 5.16. The van der Waals surface area contributed by atoms with Gasteiger partial charge in [0.2, 0.25) is 0 Å². The molecule has 0 spiro atoms. The Morgan fingerprint density at radius 1 is 1.40 bits per heavy atom. The van der Waals surface area contributed by atoms with E-state index >= 15 is 0 Å². The van der Waals surface area contributed by atoms with Gasteiger partial charge < -0.3 is 4.74 Å².